The Labute approximate surface area is 257 Å². The van der Waals surface area contributed by atoms with Crippen molar-refractivity contribution in [1.82, 2.24) is 25.6 Å². The number of amides is 3. The highest BCUT2D eigenvalue weighted by Crippen LogP contribution is 2.27. The molecule has 0 unspecified atom stereocenters. The third-order valence-electron chi connectivity index (χ3n) is 8.18. The maximum Gasteiger partial charge on any atom is 0.410 e. The van der Waals surface area contributed by atoms with Crippen molar-refractivity contribution in [3.8, 4) is 5.75 Å². The first-order chi connectivity index (χ1) is 21.0. The Balaban J connectivity index is 1.17. The van der Waals surface area contributed by atoms with Gasteiger partial charge in [-0.25, -0.2) is 10.3 Å². The van der Waals surface area contributed by atoms with E-state index in [4.69, 9.17) is 9.47 Å². The summed E-state index contributed by atoms with van der Waals surface area (Å²) in [6.45, 7) is 9.81. The Hall–Kier alpha value is -4.22. The van der Waals surface area contributed by atoms with E-state index in [2.05, 4.69) is 15.2 Å². The van der Waals surface area contributed by atoms with E-state index in [0.29, 0.717) is 44.1 Å². The number of ether oxygens (including phenoxy) is 2. The maximum absolute atomic E-state index is 13.2. The van der Waals surface area contributed by atoms with Crippen LogP contribution in [0.4, 0.5) is 4.79 Å². The molecule has 5 rings (SSSR count). The number of likely N-dealkylation sites (tertiary alicyclic amines) is 2. The number of carbonyl (C=O) groups is 3. The molecule has 3 N–H and O–H groups in total. The summed E-state index contributed by atoms with van der Waals surface area (Å²) in [5.41, 5.74) is 4.51. The number of para-hydroxylation sites is 1. The number of piperidine rings is 1. The number of carbonyl (C=O) groups excluding carboxylic acids is 3. The molecule has 2 aliphatic heterocycles. The largest absolute Gasteiger partial charge is 0.489 e. The Morgan fingerprint density at radius 1 is 1.02 bits per heavy atom. The van der Waals surface area contributed by atoms with Gasteiger partial charge < -0.3 is 19.7 Å². The summed E-state index contributed by atoms with van der Waals surface area (Å²) >= 11 is 0. The third kappa shape index (κ3) is 7.46. The van der Waals surface area contributed by atoms with Crippen LogP contribution in [0.2, 0.25) is 0 Å². The summed E-state index contributed by atoms with van der Waals surface area (Å²) in [6, 6.07) is 16.5. The molecule has 0 spiro atoms. The van der Waals surface area contributed by atoms with Gasteiger partial charge in [-0.05, 0) is 76.9 Å². The Bertz CT molecular complexity index is 1500. The summed E-state index contributed by atoms with van der Waals surface area (Å²) in [6.07, 6.45) is 1.13. The minimum absolute atomic E-state index is 0.141. The number of rotatable bonds is 7. The Morgan fingerprint density at radius 2 is 1.73 bits per heavy atom. The lowest BCUT2D eigenvalue weighted by Crippen LogP contribution is -2.48. The fourth-order valence-electron chi connectivity index (χ4n) is 6.00. The smallest absolute Gasteiger partial charge is 0.410 e. The summed E-state index contributed by atoms with van der Waals surface area (Å²) in [5, 5.41) is 13.4. The van der Waals surface area contributed by atoms with Gasteiger partial charge in [-0.15, -0.1) is 0 Å². The number of hydrogen-bond acceptors (Lipinski definition) is 8. The first-order valence-corrected chi connectivity index (χ1v) is 15.1. The SMILES string of the molecule is Cc1cc(COc2ccc(C(=O)N[C@@H]3CN(C4CCN(C(=O)OC(C)(C)C)CC4)C[C@@H]3C(=O)NO)cc2)c2ccccc2n1. The van der Waals surface area contributed by atoms with Gasteiger partial charge in [0.05, 0.1) is 17.5 Å². The van der Waals surface area contributed by atoms with Gasteiger partial charge in [-0.2, -0.15) is 0 Å². The zero-order chi connectivity index (χ0) is 31.4. The Morgan fingerprint density at radius 3 is 2.41 bits per heavy atom. The van der Waals surface area contributed by atoms with Crippen molar-refractivity contribution < 1.29 is 29.1 Å². The van der Waals surface area contributed by atoms with Crippen LogP contribution in [-0.4, -0.2) is 81.8 Å². The fraction of sp³-hybridized carbons (Fsp3) is 0.455. The molecule has 2 fully saturated rings. The van der Waals surface area contributed by atoms with Crippen molar-refractivity contribution in [3.63, 3.8) is 0 Å². The van der Waals surface area contributed by atoms with E-state index in [0.717, 1.165) is 35.0 Å². The molecular weight excluding hydrogens is 562 g/mol. The predicted molar refractivity (Wildman–Crippen MR) is 164 cm³/mol. The lowest BCUT2D eigenvalue weighted by atomic mass is 10.0. The lowest BCUT2D eigenvalue weighted by molar-refractivity contribution is -0.133. The molecule has 0 bridgehead atoms. The highest BCUT2D eigenvalue weighted by atomic mass is 16.6. The summed E-state index contributed by atoms with van der Waals surface area (Å²) in [4.78, 5) is 46.7. The molecule has 3 heterocycles. The normalized spacial score (nSPS) is 19.5. The van der Waals surface area contributed by atoms with Crippen LogP contribution in [0.25, 0.3) is 10.9 Å². The molecule has 2 atom stereocenters. The molecule has 3 amide bonds. The number of hydroxylamine groups is 1. The van der Waals surface area contributed by atoms with Crippen LogP contribution < -0.4 is 15.5 Å². The number of aromatic nitrogens is 1. The average molecular weight is 604 g/mol. The van der Waals surface area contributed by atoms with Gasteiger partial charge >= 0.3 is 6.09 Å². The van der Waals surface area contributed by atoms with Crippen LogP contribution in [0.15, 0.2) is 54.6 Å². The van der Waals surface area contributed by atoms with E-state index < -0.39 is 23.5 Å². The molecule has 11 nitrogen and oxygen atoms in total. The Kier molecular flexibility index (Phi) is 9.36. The van der Waals surface area contributed by atoms with E-state index in [1.54, 1.807) is 34.6 Å². The number of pyridine rings is 1. The lowest BCUT2D eigenvalue weighted by Gasteiger charge is -2.37. The molecule has 0 aliphatic carbocycles. The van der Waals surface area contributed by atoms with E-state index >= 15 is 0 Å². The second-order valence-corrected chi connectivity index (χ2v) is 12.6. The number of nitrogens with one attached hydrogen (secondary N) is 2. The molecule has 11 heteroatoms. The molecule has 1 aromatic heterocycles. The molecule has 3 aromatic rings. The van der Waals surface area contributed by atoms with Gasteiger partial charge in [0.15, 0.2) is 0 Å². The van der Waals surface area contributed by atoms with Crippen molar-refractivity contribution in [2.24, 2.45) is 5.92 Å². The van der Waals surface area contributed by atoms with Gasteiger partial charge in [-0.3, -0.25) is 24.7 Å². The van der Waals surface area contributed by atoms with E-state index in [-0.39, 0.29) is 18.0 Å². The minimum atomic E-state index is -0.617. The standard InChI is InChI=1S/C33H41N5O6/c1-21-17-23(26-7-5-6-8-28(26)34-21)20-43-25-11-9-22(10-12-25)30(39)35-29-19-38(18-27(29)31(40)36-42)24-13-15-37(16-14-24)32(41)44-33(2,3)4/h5-12,17,24,27,29,42H,13-16,18-20H2,1-4H3,(H,35,39)(H,36,40)/t27-,29+/m0/s1. The quantitative estimate of drug-likeness (QED) is 0.272. The molecule has 0 radical (unpaired) electrons. The first kappa shape index (κ1) is 31.2. The molecule has 234 valence electrons. The molecule has 2 aliphatic rings. The predicted octanol–water partition coefficient (Wildman–Crippen LogP) is 4.06. The van der Waals surface area contributed by atoms with E-state index in [1.807, 2.05) is 58.0 Å². The molecular formula is C33H41N5O6. The van der Waals surface area contributed by atoms with Crippen molar-refractivity contribution in [2.75, 3.05) is 26.2 Å². The minimum Gasteiger partial charge on any atom is -0.489 e. The van der Waals surface area contributed by atoms with Gasteiger partial charge in [0.2, 0.25) is 5.91 Å². The molecule has 2 saturated heterocycles. The molecule has 2 aromatic carbocycles. The van der Waals surface area contributed by atoms with Crippen LogP contribution in [0, 0.1) is 12.8 Å². The second kappa shape index (κ2) is 13.2. The van der Waals surface area contributed by atoms with Gasteiger partial charge in [0.25, 0.3) is 5.91 Å². The van der Waals surface area contributed by atoms with Crippen molar-refractivity contribution in [2.45, 2.75) is 64.8 Å². The zero-order valence-electron chi connectivity index (χ0n) is 25.7. The van der Waals surface area contributed by atoms with Crippen molar-refractivity contribution >= 4 is 28.8 Å². The van der Waals surface area contributed by atoms with Crippen LogP contribution in [0.3, 0.4) is 0 Å². The highest BCUT2D eigenvalue weighted by molar-refractivity contribution is 5.95. The van der Waals surface area contributed by atoms with E-state index in [1.165, 1.54) is 0 Å². The first-order valence-electron chi connectivity index (χ1n) is 15.1. The van der Waals surface area contributed by atoms with Gasteiger partial charge in [0.1, 0.15) is 18.0 Å². The number of hydrogen-bond donors (Lipinski definition) is 3. The average Bonchev–Trinajstić information content (AvgIpc) is 3.42. The summed E-state index contributed by atoms with van der Waals surface area (Å²) in [7, 11) is 0. The van der Waals surface area contributed by atoms with Crippen LogP contribution in [-0.2, 0) is 16.1 Å². The topological polar surface area (TPSA) is 133 Å². The van der Waals surface area contributed by atoms with Crippen molar-refractivity contribution in [3.05, 3.63) is 71.4 Å². The van der Waals surface area contributed by atoms with Crippen molar-refractivity contribution in [1.29, 1.82) is 0 Å². The molecule has 44 heavy (non-hydrogen) atoms. The second-order valence-electron chi connectivity index (χ2n) is 12.6. The summed E-state index contributed by atoms with van der Waals surface area (Å²) in [5.74, 6) is -0.835. The van der Waals surface area contributed by atoms with Crippen LogP contribution >= 0.6 is 0 Å². The number of aryl methyl sites for hydroxylation is 1. The van der Waals surface area contributed by atoms with Crippen LogP contribution in [0.5, 0.6) is 5.75 Å². The van der Waals surface area contributed by atoms with Gasteiger partial charge in [-0.1, -0.05) is 18.2 Å². The monoisotopic (exact) mass is 603 g/mol. The van der Waals surface area contributed by atoms with Gasteiger partial charge in [0, 0.05) is 54.4 Å². The highest BCUT2D eigenvalue weighted by Gasteiger charge is 2.42. The number of fused-ring (bicyclic) bond motifs is 1. The third-order valence-corrected chi connectivity index (χ3v) is 8.18. The summed E-state index contributed by atoms with van der Waals surface area (Å²) < 4.78 is 11.5. The van der Waals surface area contributed by atoms with Crippen LogP contribution in [0.1, 0.15) is 55.2 Å². The molecule has 0 saturated carbocycles. The zero-order valence-corrected chi connectivity index (χ0v) is 25.7. The fourth-order valence-corrected chi connectivity index (χ4v) is 6.00. The van der Waals surface area contributed by atoms with E-state index in [9.17, 15) is 19.6 Å². The number of nitrogens with zero attached hydrogens (tertiary/aromatic N) is 3. The number of benzene rings is 2. The maximum atomic E-state index is 13.2.